The molecule has 5 heteroatoms. The number of thioether (sulfide) groups is 1. The van der Waals surface area contributed by atoms with Crippen LogP contribution in [0.15, 0.2) is 33.7 Å². The Balaban J connectivity index is 2.03. The van der Waals surface area contributed by atoms with Crippen molar-refractivity contribution in [3.63, 3.8) is 0 Å². The zero-order valence-corrected chi connectivity index (χ0v) is 11.5. The average Bonchev–Trinajstić information content (AvgIpc) is 2.76. The number of rotatable bonds is 3. The monoisotopic (exact) mass is 264 g/mol. The van der Waals surface area contributed by atoms with Crippen molar-refractivity contribution in [1.29, 1.82) is 0 Å². The predicted molar refractivity (Wildman–Crippen MR) is 70.7 cm³/mol. The summed E-state index contributed by atoms with van der Waals surface area (Å²) in [6.45, 7) is 6.12. The Kier molecular flexibility index (Phi) is 3.61. The molecule has 1 aromatic carbocycles. The van der Waals surface area contributed by atoms with Crippen LogP contribution < -0.4 is 0 Å². The van der Waals surface area contributed by atoms with Crippen molar-refractivity contribution in [2.75, 3.05) is 0 Å². The van der Waals surface area contributed by atoms with Crippen LogP contribution in [0.2, 0.25) is 0 Å². The van der Waals surface area contributed by atoms with Crippen LogP contribution in [0, 0.1) is 0 Å². The quantitative estimate of drug-likeness (QED) is 0.861. The minimum Gasteiger partial charge on any atom is -0.507 e. The average molecular weight is 264 g/mol. The van der Waals surface area contributed by atoms with Gasteiger partial charge in [-0.15, -0.1) is 11.8 Å². The predicted octanol–water partition coefficient (Wildman–Crippen LogP) is 3.37. The molecule has 96 valence electrons. The Hall–Kier alpha value is -1.49. The summed E-state index contributed by atoms with van der Waals surface area (Å²) in [7, 11) is 0. The molecule has 0 atom stereocenters. The van der Waals surface area contributed by atoms with E-state index in [1.165, 1.54) is 11.8 Å². The van der Waals surface area contributed by atoms with Crippen molar-refractivity contribution >= 4 is 11.8 Å². The molecule has 1 heterocycles. The van der Waals surface area contributed by atoms with Crippen molar-refractivity contribution in [3.8, 4) is 5.75 Å². The van der Waals surface area contributed by atoms with E-state index in [1.807, 2.05) is 32.9 Å². The zero-order valence-electron chi connectivity index (χ0n) is 10.7. The highest BCUT2D eigenvalue weighted by Gasteiger charge is 2.20. The van der Waals surface area contributed by atoms with Gasteiger partial charge in [-0.3, -0.25) is 0 Å². The summed E-state index contributed by atoms with van der Waals surface area (Å²) in [5.41, 5.74) is -0.110. The number of hydrogen-bond donors (Lipinski definition) is 1. The molecule has 1 N–H and O–H groups in total. The first-order valence-corrected chi connectivity index (χ1v) is 6.69. The van der Waals surface area contributed by atoms with Gasteiger partial charge in [0.15, 0.2) is 5.82 Å². The van der Waals surface area contributed by atoms with E-state index in [0.717, 1.165) is 4.90 Å². The molecule has 1 aromatic heterocycles. The highest BCUT2D eigenvalue weighted by molar-refractivity contribution is 7.98. The Morgan fingerprint density at radius 3 is 2.61 bits per heavy atom. The lowest BCUT2D eigenvalue weighted by Gasteiger charge is -2.10. The topological polar surface area (TPSA) is 59.2 Å². The lowest BCUT2D eigenvalue weighted by Crippen LogP contribution is -2.13. The molecule has 0 fully saturated rings. The van der Waals surface area contributed by atoms with E-state index in [1.54, 1.807) is 12.1 Å². The minimum absolute atomic E-state index is 0.110. The number of aromatic hydroxyl groups is 1. The van der Waals surface area contributed by atoms with Gasteiger partial charge in [0.25, 0.3) is 0 Å². The second-order valence-electron chi connectivity index (χ2n) is 5.02. The lowest BCUT2D eigenvalue weighted by molar-refractivity contribution is 0.373. The zero-order chi connectivity index (χ0) is 13.2. The molecule has 0 spiro atoms. The standard InChI is InChI=1S/C13H16N2O2S/c1-13(2,3)12-14-11(17-15-12)8-18-10-7-5-4-6-9(10)16/h4-7,16H,8H2,1-3H3. The maximum absolute atomic E-state index is 9.64. The smallest absolute Gasteiger partial charge is 0.237 e. The molecule has 4 nitrogen and oxygen atoms in total. The molecule has 0 unspecified atom stereocenters. The number of aromatic nitrogens is 2. The number of phenolic OH excluding ortho intramolecular Hbond substituents is 1. The molecule has 0 aliphatic rings. The first kappa shape index (κ1) is 13.0. The van der Waals surface area contributed by atoms with Gasteiger partial charge in [-0.25, -0.2) is 0 Å². The molecule has 0 radical (unpaired) electrons. The van der Waals surface area contributed by atoms with Gasteiger partial charge in [0, 0.05) is 10.3 Å². The fourth-order valence-electron chi connectivity index (χ4n) is 1.34. The molecular formula is C13H16N2O2S. The number of benzene rings is 1. The molecule has 0 aliphatic carbocycles. The molecular weight excluding hydrogens is 248 g/mol. The first-order valence-electron chi connectivity index (χ1n) is 5.70. The summed E-state index contributed by atoms with van der Waals surface area (Å²) >= 11 is 1.48. The maximum Gasteiger partial charge on any atom is 0.237 e. The van der Waals surface area contributed by atoms with Crippen molar-refractivity contribution in [2.24, 2.45) is 0 Å². The van der Waals surface area contributed by atoms with Crippen LogP contribution in [0.25, 0.3) is 0 Å². The number of para-hydroxylation sites is 1. The molecule has 18 heavy (non-hydrogen) atoms. The van der Waals surface area contributed by atoms with Gasteiger partial charge in [0.05, 0.1) is 5.75 Å². The summed E-state index contributed by atoms with van der Waals surface area (Å²) in [4.78, 5) is 5.16. The fraction of sp³-hybridized carbons (Fsp3) is 0.385. The van der Waals surface area contributed by atoms with Crippen molar-refractivity contribution < 1.29 is 9.63 Å². The van der Waals surface area contributed by atoms with Crippen LogP contribution in [0.1, 0.15) is 32.5 Å². The van der Waals surface area contributed by atoms with Gasteiger partial charge in [0.2, 0.25) is 5.89 Å². The summed E-state index contributed by atoms with van der Waals surface area (Å²) in [6.07, 6.45) is 0. The largest absolute Gasteiger partial charge is 0.507 e. The van der Waals surface area contributed by atoms with Gasteiger partial charge >= 0.3 is 0 Å². The fourth-order valence-corrected chi connectivity index (χ4v) is 2.12. The van der Waals surface area contributed by atoms with Crippen molar-refractivity contribution in [3.05, 3.63) is 36.0 Å². The van der Waals surface area contributed by atoms with Gasteiger partial charge in [0.1, 0.15) is 5.75 Å². The van der Waals surface area contributed by atoms with E-state index in [2.05, 4.69) is 10.1 Å². The van der Waals surface area contributed by atoms with Crippen LogP contribution in [0.3, 0.4) is 0 Å². The number of nitrogens with zero attached hydrogens (tertiary/aromatic N) is 2. The summed E-state index contributed by atoms with van der Waals surface area (Å²) in [5.74, 6) is 2.11. The maximum atomic E-state index is 9.64. The number of hydrogen-bond acceptors (Lipinski definition) is 5. The third-order valence-corrected chi connectivity index (χ3v) is 3.40. The third kappa shape index (κ3) is 3.04. The van der Waals surface area contributed by atoms with E-state index in [9.17, 15) is 5.11 Å². The molecule has 0 saturated heterocycles. The lowest BCUT2D eigenvalue weighted by atomic mass is 9.96. The molecule has 0 amide bonds. The van der Waals surface area contributed by atoms with E-state index in [-0.39, 0.29) is 11.2 Å². The Morgan fingerprint density at radius 1 is 1.28 bits per heavy atom. The highest BCUT2D eigenvalue weighted by atomic mass is 32.2. The molecule has 0 saturated carbocycles. The molecule has 2 aromatic rings. The van der Waals surface area contributed by atoms with Crippen molar-refractivity contribution in [2.45, 2.75) is 36.8 Å². The van der Waals surface area contributed by atoms with Crippen LogP contribution in [-0.4, -0.2) is 15.2 Å². The second kappa shape index (κ2) is 5.02. The Labute approximate surface area is 110 Å². The minimum atomic E-state index is -0.110. The second-order valence-corrected chi connectivity index (χ2v) is 6.04. The highest BCUT2D eigenvalue weighted by Crippen LogP contribution is 2.30. The van der Waals surface area contributed by atoms with E-state index in [4.69, 9.17) is 4.52 Å². The van der Waals surface area contributed by atoms with Crippen molar-refractivity contribution in [1.82, 2.24) is 10.1 Å². The van der Waals surface area contributed by atoms with E-state index in [0.29, 0.717) is 17.5 Å². The van der Waals surface area contributed by atoms with Gasteiger partial charge in [-0.2, -0.15) is 4.98 Å². The first-order chi connectivity index (χ1) is 8.47. The van der Waals surface area contributed by atoms with Gasteiger partial charge in [-0.05, 0) is 12.1 Å². The van der Waals surface area contributed by atoms with Crippen LogP contribution in [0.5, 0.6) is 5.75 Å². The Bertz CT molecular complexity index is 532. The normalized spacial score (nSPS) is 11.7. The van der Waals surface area contributed by atoms with Crippen LogP contribution in [0.4, 0.5) is 0 Å². The van der Waals surface area contributed by atoms with Gasteiger partial charge < -0.3 is 9.63 Å². The molecule has 2 rings (SSSR count). The van der Waals surface area contributed by atoms with Crippen LogP contribution >= 0.6 is 11.8 Å². The van der Waals surface area contributed by atoms with Gasteiger partial charge in [-0.1, -0.05) is 38.1 Å². The molecule has 0 aliphatic heterocycles. The van der Waals surface area contributed by atoms with E-state index >= 15 is 0 Å². The Morgan fingerprint density at radius 2 is 2.00 bits per heavy atom. The molecule has 0 bridgehead atoms. The SMILES string of the molecule is CC(C)(C)c1noc(CSc2ccccc2O)n1. The summed E-state index contributed by atoms with van der Waals surface area (Å²) in [6, 6.07) is 7.21. The number of phenols is 1. The third-order valence-electron chi connectivity index (χ3n) is 2.36. The van der Waals surface area contributed by atoms with Crippen LogP contribution in [-0.2, 0) is 11.2 Å². The summed E-state index contributed by atoms with van der Waals surface area (Å²) < 4.78 is 5.19. The van der Waals surface area contributed by atoms with E-state index < -0.39 is 0 Å². The summed E-state index contributed by atoms with van der Waals surface area (Å²) in [5, 5.41) is 13.6.